The molecule has 0 unspecified atom stereocenters. The number of nitrogens with two attached hydrogens (primary N) is 1. The molecule has 0 fully saturated rings. The number of fused-ring (bicyclic) bond motifs is 1. The van der Waals surface area contributed by atoms with Gasteiger partial charge < -0.3 is 11.1 Å². The van der Waals surface area contributed by atoms with Gasteiger partial charge in [-0.3, -0.25) is 4.57 Å². The number of benzene rings is 3. The van der Waals surface area contributed by atoms with Crippen molar-refractivity contribution in [1.29, 1.82) is 0 Å². The Morgan fingerprint density at radius 1 is 0.833 bits per heavy atom. The molecule has 2 heterocycles. The lowest BCUT2D eigenvalue weighted by Gasteiger charge is -2.10. The lowest BCUT2D eigenvalue weighted by Crippen LogP contribution is -2.05. The molecule has 3 aromatic carbocycles. The molecular weight excluding hydrogens is 372 g/mol. The quantitative estimate of drug-likeness (QED) is 0.425. The molecule has 5 aromatic rings. The Morgan fingerprint density at radius 3 is 2.37 bits per heavy atom. The summed E-state index contributed by atoms with van der Waals surface area (Å²) in [6, 6.07) is 27.8. The van der Waals surface area contributed by atoms with Crippen LogP contribution >= 0.6 is 0 Å². The first-order chi connectivity index (χ1) is 14.8. The molecule has 30 heavy (non-hydrogen) atoms. The van der Waals surface area contributed by atoms with E-state index in [0.29, 0.717) is 23.9 Å². The number of nitrogens with one attached hydrogen (secondary N) is 1. The summed E-state index contributed by atoms with van der Waals surface area (Å²) in [4.78, 5) is 14.2. The van der Waals surface area contributed by atoms with E-state index in [0.717, 1.165) is 28.0 Å². The summed E-state index contributed by atoms with van der Waals surface area (Å²) >= 11 is 0. The van der Waals surface area contributed by atoms with Crippen molar-refractivity contribution in [3.05, 3.63) is 96.8 Å². The fourth-order valence-corrected chi connectivity index (χ4v) is 3.39. The zero-order valence-corrected chi connectivity index (χ0v) is 16.2. The van der Waals surface area contributed by atoms with Crippen molar-refractivity contribution in [2.45, 2.75) is 6.54 Å². The summed E-state index contributed by atoms with van der Waals surface area (Å²) in [7, 11) is 0. The van der Waals surface area contributed by atoms with Crippen LogP contribution < -0.4 is 11.1 Å². The molecular formula is C24H20N6. The molecule has 0 saturated carbocycles. The summed E-state index contributed by atoms with van der Waals surface area (Å²) in [6.45, 7) is 0.640. The van der Waals surface area contributed by atoms with Crippen LogP contribution in [0.3, 0.4) is 0 Å². The predicted octanol–water partition coefficient (Wildman–Crippen LogP) is 4.68. The number of nitrogens with zero attached hydrogens (tertiary/aromatic N) is 4. The maximum atomic E-state index is 5.99. The lowest BCUT2D eigenvalue weighted by atomic mass is 10.2. The summed E-state index contributed by atoms with van der Waals surface area (Å²) in [6.07, 6.45) is 1.78. The number of para-hydroxylation sites is 1. The van der Waals surface area contributed by atoms with Gasteiger partial charge in [0.2, 0.25) is 0 Å². The van der Waals surface area contributed by atoms with Gasteiger partial charge in [-0.1, -0.05) is 60.7 Å². The second kappa shape index (κ2) is 7.67. The van der Waals surface area contributed by atoms with Crippen molar-refractivity contribution in [2.24, 2.45) is 0 Å². The smallest absolute Gasteiger partial charge is 0.170 e. The van der Waals surface area contributed by atoms with E-state index < -0.39 is 0 Å². The lowest BCUT2D eigenvalue weighted by molar-refractivity contribution is 1.06. The van der Waals surface area contributed by atoms with Crippen LogP contribution in [0.1, 0.15) is 5.56 Å². The van der Waals surface area contributed by atoms with E-state index in [4.69, 9.17) is 15.7 Å². The largest absolute Gasteiger partial charge is 0.399 e. The van der Waals surface area contributed by atoms with Gasteiger partial charge in [0.05, 0.1) is 0 Å². The van der Waals surface area contributed by atoms with E-state index in [1.165, 1.54) is 0 Å². The number of aromatic nitrogens is 4. The van der Waals surface area contributed by atoms with Crippen LogP contribution in [0.15, 0.2) is 91.3 Å². The summed E-state index contributed by atoms with van der Waals surface area (Å²) < 4.78 is 1.97. The standard InChI is InChI=1S/C24H20N6/c25-19-11-7-10-18(14-19)22-28-23(26-15-17-8-3-1-4-9-17)21-24(29-22)30(16-27-21)20-12-5-2-6-13-20/h1-14,16H,15,25H2,(H,26,28,29). The van der Waals surface area contributed by atoms with Gasteiger partial charge >= 0.3 is 0 Å². The minimum atomic E-state index is 0.600. The Labute approximate surface area is 174 Å². The van der Waals surface area contributed by atoms with Crippen LogP contribution in [0, 0.1) is 0 Å². The van der Waals surface area contributed by atoms with Gasteiger partial charge in [0.25, 0.3) is 0 Å². The van der Waals surface area contributed by atoms with Crippen molar-refractivity contribution in [3.8, 4) is 17.1 Å². The first-order valence-corrected chi connectivity index (χ1v) is 9.72. The zero-order chi connectivity index (χ0) is 20.3. The first-order valence-electron chi connectivity index (χ1n) is 9.72. The highest BCUT2D eigenvalue weighted by Crippen LogP contribution is 2.27. The molecule has 0 aliphatic carbocycles. The summed E-state index contributed by atoms with van der Waals surface area (Å²) in [5.41, 5.74) is 11.1. The number of hydrogen-bond donors (Lipinski definition) is 2. The molecule has 0 spiro atoms. The van der Waals surface area contributed by atoms with Crippen LogP contribution in [0.4, 0.5) is 11.5 Å². The number of anilines is 2. The number of nitrogen functional groups attached to an aromatic ring is 1. The van der Waals surface area contributed by atoms with Gasteiger partial charge in [-0.15, -0.1) is 0 Å². The molecule has 146 valence electrons. The third-order valence-electron chi connectivity index (χ3n) is 4.88. The van der Waals surface area contributed by atoms with Gasteiger partial charge in [-0.05, 0) is 29.8 Å². The van der Waals surface area contributed by atoms with Crippen LogP contribution in [0.2, 0.25) is 0 Å². The third-order valence-corrected chi connectivity index (χ3v) is 4.88. The Kier molecular flexibility index (Phi) is 4.57. The Balaban J connectivity index is 1.64. The fraction of sp³-hybridized carbons (Fsp3) is 0.0417. The number of rotatable bonds is 5. The van der Waals surface area contributed by atoms with Crippen LogP contribution in [-0.4, -0.2) is 19.5 Å². The zero-order valence-electron chi connectivity index (χ0n) is 16.2. The maximum Gasteiger partial charge on any atom is 0.170 e. The van der Waals surface area contributed by atoms with Crippen LogP contribution in [-0.2, 0) is 6.54 Å². The molecule has 0 bridgehead atoms. The molecule has 6 heteroatoms. The molecule has 0 amide bonds. The minimum Gasteiger partial charge on any atom is -0.399 e. The Hall–Kier alpha value is -4.19. The average Bonchev–Trinajstić information content (AvgIpc) is 3.23. The molecule has 0 aliphatic heterocycles. The van der Waals surface area contributed by atoms with E-state index in [2.05, 4.69) is 22.4 Å². The van der Waals surface area contributed by atoms with Gasteiger partial charge in [-0.2, -0.15) is 0 Å². The molecule has 2 aromatic heterocycles. The summed E-state index contributed by atoms with van der Waals surface area (Å²) in [5.74, 6) is 1.29. The van der Waals surface area contributed by atoms with Crippen molar-refractivity contribution < 1.29 is 0 Å². The Morgan fingerprint density at radius 2 is 1.60 bits per heavy atom. The van der Waals surface area contributed by atoms with Crippen LogP contribution in [0.5, 0.6) is 0 Å². The van der Waals surface area contributed by atoms with Crippen molar-refractivity contribution in [2.75, 3.05) is 11.1 Å². The predicted molar refractivity (Wildman–Crippen MR) is 120 cm³/mol. The normalized spacial score (nSPS) is 10.9. The van der Waals surface area contributed by atoms with E-state index >= 15 is 0 Å². The highest BCUT2D eigenvalue weighted by atomic mass is 15.2. The monoisotopic (exact) mass is 392 g/mol. The highest BCUT2D eigenvalue weighted by Gasteiger charge is 2.15. The molecule has 5 rings (SSSR count). The fourth-order valence-electron chi connectivity index (χ4n) is 3.39. The van der Waals surface area contributed by atoms with Gasteiger partial charge in [0.1, 0.15) is 6.33 Å². The molecule has 0 radical (unpaired) electrons. The molecule has 6 nitrogen and oxygen atoms in total. The molecule has 0 aliphatic rings. The van der Waals surface area contributed by atoms with E-state index in [-0.39, 0.29) is 0 Å². The molecule has 0 saturated heterocycles. The minimum absolute atomic E-state index is 0.600. The number of imidazole rings is 1. The van der Waals surface area contributed by atoms with Crippen LogP contribution in [0.25, 0.3) is 28.2 Å². The number of hydrogen-bond acceptors (Lipinski definition) is 5. The second-order valence-corrected chi connectivity index (χ2v) is 6.98. The molecule has 3 N–H and O–H groups in total. The first kappa shape index (κ1) is 17.9. The van der Waals surface area contributed by atoms with Crippen molar-refractivity contribution in [1.82, 2.24) is 19.5 Å². The van der Waals surface area contributed by atoms with Gasteiger partial charge in [0, 0.05) is 23.5 Å². The highest BCUT2D eigenvalue weighted by molar-refractivity contribution is 5.86. The van der Waals surface area contributed by atoms with Crippen molar-refractivity contribution >= 4 is 22.7 Å². The topological polar surface area (TPSA) is 81.6 Å². The van der Waals surface area contributed by atoms with E-state index in [9.17, 15) is 0 Å². The average molecular weight is 392 g/mol. The SMILES string of the molecule is Nc1cccc(-c2nc(NCc3ccccc3)c3ncn(-c4ccccc4)c3n2)c1. The third kappa shape index (κ3) is 3.46. The van der Waals surface area contributed by atoms with Gasteiger partial charge in [0.15, 0.2) is 22.8 Å². The van der Waals surface area contributed by atoms with E-state index in [1.54, 1.807) is 6.33 Å². The molecule has 0 atom stereocenters. The van der Waals surface area contributed by atoms with Gasteiger partial charge in [-0.25, -0.2) is 15.0 Å². The van der Waals surface area contributed by atoms with E-state index in [1.807, 2.05) is 77.4 Å². The van der Waals surface area contributed by atoms with Crippen molar-refractivity contribution in [3.63, 3.8) is 0 Å². The second-order valence-electron chi connectivity index (χ2n) is 6.98. The maximum absolute atomic E-state index is 5.99. The summed E-state index contributed by atoms with van der Waals surface area (Å²) in [5, 5.41) is 3.44. The Bertz CT molecular complexity index is 1300.